The van der Waals surface area contributed by atoms with E-state index in [0.717, 1.165) is 30.8 Å². The Hall–Kier alpha value is -2.47. The maximum atomic E-state index is 12.4. The Morgan fingerprint density at radius 2 is 1.88 bits per heavy atom. The first-order valence-electron chi connectivity index (χ1n) is 8.27. The summed E-state index contributed by atoms with van der Waals surface area (Å²) < 4.78 is 5.40. The van der Waals surface area contributed by atoms with Crippen LogP contribution in [0.5, 0.6) is 0 Å². The molecule has 0 spiro atoms. The number of hydrogen-bond acceptors (Lipinski definition) is 5. The predicted octanol–water partition coefficient (Wildman–Crippen LogP) is 2.42. The maximum Gasteiger partial charge on any atom is 0.261 e. The van der Waals surface area contributed by atoms with Crippen LogP contribution < -0.4 is 0 Å². The van der Waals surface area contributed by atoms with Crippen LogP contribution >= 0.6 is 0 Å². The zero-order valence-electron chi connectivity index (χ0n) is 13.6. The van der Waals surface area contributed by atoms with Crippen molar-refractivity contribution in [2.75, 3.05) is 19.6 Å². The average Bonchev–Trinajstić information content (AvgIpc) is 3.27. The Labute approximate surface area is 140 Å². The number of hydrogen-bond donors (Lipinski definition) is 0. The van der Waals surface area contributed by atoms with Gasteiger partial charge in [-0.25, -0.2) is 0 Å². The van der Waals surface area contributed by atoms with Crippen LogP contribution in [0.25, 0.3) is 0 Å². The first-order chi connectivity index (χ1) is 11.6. The van der Waals surface area contributed by atoms with Gasteiger partial charge in [0.15, 0.2) is 5.76 Å². The van der Waals surface area contributed by atoms with Gasteiger partial charge in [-0.3, -0.25) is 19.4 Å². The molecule has 0 bridgehead atoms. The molecule has 124 valence electrons. The summed E-state index contributed by atoms with van der Waals surface area (Å²) in [5.41, 5.74) is 1.88. The molecular formula is C18H19N3O3. The van der Waals surface area contributed by atoms with Crippen molar-refractivity contribution in [3.63, 3.8) is 0 Å². The molecule has 0 radical (unpaired) electrons. The molecule has 3 heterocycles. The highest BCUT2D eigenvalue weighted by atomic mass is 16.5. The Bertz CT molecular complexity index is 763. The van der Waals surface area contributed by atoms with Gasteiger partial charge in [-0.2, -0.15) is 0 Å². The van der Waals surface area contributed by atoms with Crippen LogP contribution in [0.15, 0.2) is 34.9 Å². The summed E-state index contributed by atoms with van der Waals surface area (Å²) in [4.78, 5) is 28.5. The summed E-state index contributed by atoms with van der Waals surface area (Å²) >= 11 is 0. The molecule has 1 saturated heterocycles. The third-order valence-electron chi connectivity index (χ3n) is 4.83. The lowest BCUT2D eigenvalue weighted by atomic mass is 10.1. The van der Waals surface area contributed by atoms with E-state index in [4.69, 9.17) is 4.52 Å². The number of likely N-dealkylation sites (tertiary alicyclic amines) is 1. The number of imide groups is 1. The van der Waals surface area contributed by atoms with E-state index in [0.29, 0.717) is 24.2 Å². The number of nitrogens with zero attached hydrogens (tertiary/aromatic N) is 3. The molecule has 1 aromatic carbocycles. The minimum atomic E-state index is -0.193. The highest BCUT2D eigenvalue weighted by molar-refractivity contribution is 6.21. The Balaban J connectivity index is 1.46. The molecule has 1 unspecified atom stereocenters. The van der Waals surface area contributed by atoms with Gasteiger partial charge in [0.05, 0.1) is 22.9 Å². The van der Waals surface area contributed by atoms with Crippen LogP contribution in [0.1, 0.15) is 51.1 Å². The van der Waals surface area contributed by atoms with E-state index in [1.165, 1.54) is 4.90 Å². The topological polar surface area (TPSA) is 66.7 Å². The van der Waals surface area contributed by atoms with Crippen LogP contribution in [-0.2, 0) is 0 Å². The van der Waals surface area contributed by atoms with Gasteiger partial charge >= 0.3 is 0 Å². The predicted molar refractivity (Wildman–Crippen MR) is 86.6 cm³/mol. The van der Waals surface area contributed by atoms with E-state index in [9.17, 15) is 9.59 Å². The van der Waals surface area contributed by atoms with Crippen molar-refractivity contribution in [2.24, 2.45) is 0 Å². The molecule has 6 heteroatoms. The van der Waals surface area contributed by atoms with Crippen molar-refractivity contribution >= 4 is 11.8 Å². The van der Waals surface area contributed by atoms with Crippen molar-refractivity contribution < 1.29 is 14.1 Å². The third-order valence-corrected chi connectivity index (χ3v) is 4.83. The van der Waals surface area contributed by atoms with Crippen molar-refractivity contribution in [2.45, 2.75) is 25.8 Å². The van der Waals surface area contributed by atoms with Gasteiger partial charge < -0.3 is 4.52 Å². The molecule has 4 rings (SSSR count). The van der Waals surface area contributed by atoms with Gasteiger partial charge in [-0.05, 0) is 38.4 Å². The van der Waals surface area contributed by atoms with Crippen molar-refractivity contribution in [1.82, 2.24) is 15.0 Å². The molecule has 2 aromatic rings. The first kappa shape index (κ1) is 15.1. The largest absolute Gasteiger partial charge is 0.359 e. The summed E-state index contributed by atoms with van der Waals surface area (Å²) in [6, 6.07) is 9.15. The molecule has 0 saturated carbocycles. The van der Waals surface area contributed by atoms with E-state index >= 15 is 0 Å². The van der Waals surface area contributed by atoms with E-state index in [1.54, 1.807) is 24.3 Å². The van der Waals surface area contributed by atoms with Gasteiger partial charge in [0.25, 0.3) is 11.8 Å². The Kier molecular flexibility index (Phi) is 3.69. The minimum absolute atomic E-state index is 0.182. The molecule has 1 atom stereocenters. The van der Waals surface area contributed by atoms with Crippen LogP contribution in [0.4, 0.5) is 0 Å². The van der Waals surface area contributed by atoms with Crippen molar-refractivity contribution in [3.05, 3.63) is 52.9 Å². The Morgan fingerprint density at radius 3 is 2.50 bits per heavy atom. The zero-order chi connectivity index (χ0) is 16.7. The summed E-state index contributed by atoms with van der Waals surface area (Å²) in [6.45, 7) is 3.89. The average molecular weight is 325 g/mol. The number of fused-ring (bicyclic) bond motifs is 1. The van der Waals surface area contributed by atoms with Crippen LogP contribution in [-0.4, -0.2) is 46.4 Å². The van der Waals surface area contributed by atoms with Gasteiger partial charge in [0.2, 0.25) is 0 Å². The number of rotatable bonds is 4. The number of carbonyl (C=O) groups excluding carboxylic acids is 2. The molecule has 2 amide bonds. The quantitative estimate of drug-likeness (QED) is 0.808. The fourth-order valence-electron chi connectivity index (χ4n) is 3.63. The fraction of sp³-hybridized carbons (Fsp3) is 0.389. The first-order valence-corrected chi connectivity index (χ1v) is 8.27. The number of carbonyl (C=O) groups is 2. The van der Waals surface area contributed by atoms with E-state index < -0.39 is 0 Å². The van der Waals surface area contributed by atoms with Crippen LogP contribution in [0, 0.1) is 6.92 Å². The van der Waals surface area contributed by atoms with Gasteiger partial charge in [-0.1, -0.05) is 17.3 Å². The van der Waals surface area contributed by atoms with Gasteiger partial charge in [-0.15, -0.1) is 0 Å². The lowest BCUT2D eigenvalue weighted by Gasteiger charge is -2.24. The highest BCUT2D eigenvalue weighted by Crippen LogP contribution is 2.32. The molecule has 24 heavy (non-hydrogen) atoms. The van der Waals surface area contributed by atoms with Crippen LogP contribution in [0.3, 0.4) is 0 Å². The normalized spacial score (nSPS) is 20.9. The lowest BCUT2D eigenvalue weighted by molar-refractivity contribution is 0.0630. The third kappa shape index (κ3) is 2.43. The molecule has 2 aliphatic rings. The number of benzene rings is 1. The molecule has 0 aliphatic carbocycles. The van der Waals surface area contributed by atoms with Gasteiger partial charge in [0.1, 0.15) is 0 Å². The monoisotopic (exact) mass is 325 g/mol. The second-order valence-electron chi connectivity index (χ2n) is 6.37. The molecule has 6 nitrogen and oxygen atoms in total. The van der Waals surface area contributed by atoms with E-state index in [-0.39, 0.29) is 17.9 Å². The minimum Gasteiger partial charge on any atom is -0.359 e. The van der Waals surface area contributed by atoms with Gasteiger partial charge in [0, 0.05) is 19.2 Å². The molecule has 1 fully saturated rings. The number of aryl methyl sites for hydroxylation is 1. The number of aromatic nitrogens is 1. The second kappa shape index (κ2) is 5.87. The smallest absolute Gasteiger partial charge is 0.261 e. The highest BCUT2D eigenvalue weighted by Gasteiger charge is 2.36. The summed E-state index contributed by atoms with van der Waals surface area (Å²) in [6.07, 6.45) is 2.09. The summed E-state index contributed by atoms with van der Waals surface area (Å²) in [7, 11) is 0. The standard InChI is InChI=1S/C18H19N3O3/c1-12-11-16(24-19-12)15-7-4-8-20(15)9-10-21-17(22)13-5-2-3-6-14(13)18(21)23/h2-3,5-6,11,15H,4,7-10H2,1H3. The molecular weight excluding hydrogens is 306 g/mol. The molecule has 1 aromatic heterocycles. The summed E-state index contributed by atoms with van der Waals surface area (Å²) in [5, 5.41) is 3.96. The van der Waals surface area contributed by atoms with Crippen LogP contribution in [0.2, 0.25) is 0 Å². The molecule has 0 N–H and O–H groups in total. The summed E-state index contributed by atoms with van der Waals surface area (Å²) in [5.74, 6) is 0.482. The fourth-order valence-corrected chi connectivity index (χ4v) is 3.63. The van der Waals surface area contributed by atoms with E-state index in [1.807, 2.05) is 13.0 Å². The maximum absolute atomic E-state index is 12.4. The Morgan fingerprint density at radius 1 is 1.17 bits per heavy atom. The molecule has 2 aliphatic heterocycles. The van der Waals surface area contributed by atoms with Crippen molar-refractivity contribution in [3.8, 4) is 0 Å². The lowest BCUT2D eigenvalue weighted by Crippen LogP contribution is -2.38. The van der Waals surface area contributed by atoms with Crippen molar-refractivity contribution in [1.29, 1.82) is 0 Å². The number of amides is 2. The zero-order valence-corrected chi connectivity index (χ0v) is 13.6. The second-order valence-corrected chi connectivity index (χ2v) is 6.37. The van der Waals surface area contributed by atoms with E-state index in [2.05, 4.69) is 10.1 Å². The SMILES string of the molecule is Cc1cc(C2CCCN2CCN2C(=O)c3ccccc3C2=O)on1.